The van der Waals surface area contributed by atoms with Crippen molar-refractivity contribution in [2.45, 2.75) is 17.9 Å². The van der Waals surface area contributed by atoms with Gasteiger partial charge in [-0.05, 0) is 25.1 Å². The van der Waals surface area contributed by atoms with Gasteiger partial charge in [-0.3, -0.25) is 0 Å². The Morgan fingerprint density at radius 2 is 2.00 bits per heavy atom. The van der Waals surface area contributed by atoms with E-state index in [1.807, 2.05) is 0 Å². The van der Waals surface area contributed by atoms with E-state index in [9.17, 15) is 8.42 Å². The van der Waals surface area contributed by atoms with Crippen LogP contribution in [0.15, 0.2) is 23.1 Å². The molecular formula is C9H10Cl3NO2S. The van der Waals surface area contributed by atoms with E-state index in [0.717, 1.165) is 0 Å². The average Bonchev–Trinajstić information content (AvgIpc) is 2.20. The van der Waals surface area contributed by atoms with Crippen LogP contribution in [0.25, 0.3) is 0 Å². The highest BCUT2D eigenvalue weighted by Crippen LogP contribution is 2.24. The molecule has 90 valence electrons. The number of rotatable bonds is 4. The predicted molar refractivity (Wildman–Crippen MR) is 67.0 cm³/mol. The molecule has 0 aliphatic rings. The summed E-state index contributed by atoms with van der Waals surface area (Å²) in [6.45, 7) is 1.66. The topological polar surface area (TPSA) is 46.2 Å². The third kappa shape index (κ3) is 3.50. The molecule has 3 nitrogen and oxygen atoms in total. The van der Waals surface area contributed by atoms with Crippen molar-refractivity contribution in [1.29, 1.82) is 0 Å². The minimum absolute atomic E-state index is 0.0429. The summed E-state index contributed by atoms with van der Waals surface area (Å²) in [5, 5.41) is 0.432. The lowest BCUT2D eigenvalue weighted by molar-refractivity contribution is 0.570. The molecule has 0 aromatic heterocycles. The third-order valence-corrected chi connectivity index (χ3v) is 4.54. The highest BCUT2D eigenvalue weighted by Gasteiger charge is 2.20. The van der Waals surface area contributed by atoms with Crippen molar-refractivity contribution in [3.8, 4) is 0 Å². The molecule has 0 aliphatic heterocycles. The Morgan fingerprint density at radius 3 is 2.56 bits per heavy atom. The fourth-order valence-corrected chi connectivity index (χ4v) is 3.22. The van der Waals surface area contributed by atoms with Crippen LogP contribution in [0.2, 0.25) is 10.0 Å². The van der Waals surface area contributed by atoms with Crippen molar-refractivity contribution < 1.29 is 8.42 Å². The van der Waals surface area contributed by atoms with Gasteiger partial charge in [-0.15, -0.1) is 11.6 Å². The molecule has 1 atom stereocenters. The van der Waals surface area contributed by atoms with E-state index in [2.05, 4.69) is 4.72 Å². The molecule has 0 amide bonds. The number of alkyl halides is 1. The maximum atomic E-state index is 11.9. The first kappa shape index (κ1) is 14.1. The minimum Gasteiger partial charge on any atom is -0.207 e. The molecule has 0 spiro atoms. The van der Waals surface area contributed by atoms with E-state index in [1.165, 1.54) is 18.2 Å². The Balaban J connectivity index is 3.12. The molecule has 1 aromatic carbocycles. The number of nitrogens with one attached hydrogen (secondary N) is 1. The summed E-state index contributed by atoms with van der Waals surface area (Å²) in [6.07, 6.45) is 0. The highest BCUT2D eigenvalue weighted by molar-refractivity contribution is 7.89. The smallest absolute Gasteiger partial charge is 0.207 e. The first-order valence-corrected chi connectivity index (χ1v) is 7.17. The molecule has 0 bridgehead atoms. The molecule has 0 saturated carbocycles. The van der Waals surface area contributed by atoms with Crippen LogP contribution in [0.3, 0.4) is 0 Å². The normalized spacial score (nSPS) is 13.8. The van der Waals surface area contributed by atoms with Crippen LogP contribution in [0.1, 0.15) is 6.92 Å². The summed E-state index contributed by atoms with van der Waals surface area (Å²) in [5.74, 6) is 0.178. The standard InChI is InChI=1S/C9H10Cl3NO2S/c1-6(5-10)13-16(14,15)9-4-7(11)2-3-8(9)12/h2-4,6,13H,5H2,1H3. The average molecular weight is 303 g/mol. The van der Waals surface area contributed by atoms with E-state index >= 15 is 0 Å². The Bertz CT molecular complexity index is 476. The number of benzene rings is 1. The molecule has 1 N–H and O–H groups in total. The zero-order chi connectivity index (χ0) is 12.3. The van der Waals surface area contributed by atoms with Crippen molar-refractivity contribution in [2.75, 3.05) is 5.88 Å². The van der Waals surface area contributed by atoms with E-state index in [4.69, 9.17) is 34.8 Å². The molecular weight excluding hydrogens is 293 g/mol. The van der Waals surface area contributed by atoms with Crippen LogP contribution in [-0.2, 0) is 10.0 Å². The van der Waals surface area contributed by atoms with Gasteiger partial charge in [0.2, 0.25) is 10.0 Å². The van der Waals surface area contributed by atoms with Crippen LogP contribution in [0.5, 0.6) is 0 Å². The molecule has 0 heterocycles. The van der Waals surface area contributed by atoms with Crippen molar-refractivity contribution >= 4 is 44.8 Å². The Kier molecular flexibility index (Phi) is 4.88. The molecule has 16 heavy (non-hydrogen) atoms. The van der Waals surface area contributed by atoms with Crippen LogP contribution >= 0.6 is 34.8 Å². The van der Waals surface area contributed by atoms with Crippen molar-refractivity contribution in [1.82, 2.24) is 4.72 Å². The molecule has 1 aromatic rings. The van der Waals surface area contributed by atoms with Gasteiger partial charge in [0, 0.05) is 16.9 Å². The number of sulfonamides is 1. The van der Waals surface area contributed by atoms with Gasteiger partial charge >= 0.3 is 0 Å². The first-order valence-electron chi connectivity index (χ1n) is 4.40. The van der Waals surface area contributed by atoms with Gasteiger partial charge in [0.05, 0.1) is 5.02 Å². The second kappa shape index (κ2) is 5.56. The summed E-state index contributed by atoms with van der Waals surface area (Å²) in [6, 6.07) is 3.88. The monoisotopic (exact) mass is 301 g/mol. The molecule has 0 radical (unpaired) electrons. The van der Waals surface area contributed by atoms with Crippen LogP contribution in [-0.4, -0.2) is 20.3 Å². The van der Waals surface area contributed by atoms with E-state index in [0.29, 0.717) is 5.02 Å². The molecule has 1 unspecified atom stereocenters. The summed E-state index contributed by atoms with van der Waals surface area (Å²) < 4.78 is 26.1. The lowest BCUT2D eigenvalue weighted by Crippen LogP contribution is -2.33. The summed E-state index contributed by atoms with van der Waals surface area (Å²) in [4.78, 5) is -0.0429. The Morgan fingerprint density at radius 1 is 1.38 bits per heavy atom. The Hall–Kier alpha value is -0.000000000000000111. The first-order chi connectivity index (χ1) is 7.36. The molecule has 7 heteroatoms. The van der Waals surface area contributed by atoms with Crippen molar-refractivity contribution in [3.05, 3.63) is 28.2 Å². The summed E-state index contributed by atoms with van der Waals surface area (Å²) in [7, 11) is -3.68. The zero-order valence-corrected chi connectivity index (χ0v) is 11.5. The fraction of sp³-hybridized carbons (Fsp3) is 0.333. The number of hydrogen-bond donors (Lipinski definition) is 1. The van der Waals surface area contributed by atoms with Crippen LogP contribution < -0.4 is 4.72 Å². The molecule has 0 fully saturated rings. The largest absolute Gasteiger partial charge is 0.242 e. The zero-order valence-electron chi connectivity index (χ0n) is 8.38. The van der Waals surface area contributed by atoms with Crippen LogP contribution in [0.4, 0.5) is 0 Å². The number of halogens is 3. The maximum absolute atomic E-state index is 11.9. The second-order valence-corrected chi connectivity index (χ2v) is 6.09. The van der Waals surface area contributed by atoms with E-state index in [-0.39, 0.29) is 21.8 Å². The molecule has 0 aliphatic carbocycles. The van der Waals surface area contributed by atoms with Gasteiger partial charge in [0.1, 0.15) is 4.90 Å². The summed E-state index contributed by atoms with van der Waals surface area (Å²) in [5.41, 5.74) is 0. The quantitative estimate of drug-likeness (QED) is 0.869. The van der Waals surface area contributed by atoms with Gasteiger partial charge in [-0.1, -0.05) is 23.2 Å². The van der Waals surface area contributed by atoms with Gasteiger partial charge in [-0.25, -0.2) is 13.1 Å². The maximum Gasteiger partial charge on any atom is 0.242 e. The fourth-order valence-electron chi connectivity index (χ4n) is 1.04. The minimum atomic E-state index is -3.68. The highest BCUT2D eigenvalue weighted by atomic mass is 35.5. The lowest BCUT2D eigenvalue weighted by atomic mass is 10.4. The van der Waals surface area contributed by atoms with Crippen LogP contribution in [0, 0.1) is 0 Å². The second-order valence-electron chi connectivity index (χ2n) is 3.25. The lowest BCUT2D eigenvalue weighted by Gasteiger charge is -2.12. The third-order valence-electron chi connectivity index (χ3n) is 1.77. The van der Waals surface area contributed by atoms with Gasteiger partial charge in [-0.2, -0.15) is 0 Å². The SMILES string of the molecule is CC(CCl)NS(=O)(=O)c1cc(Cl)ccc1Cl. The number of hydrogen-bond acceptors (Lipinski definition) is 2. The van der Waals surface area contributed by atoms with E-state index < -0.39 is 10.0 Å². The summed E-state index contributed by atoms with van der Waals surface area (Å²) >= 11 is 17.0. The van der Waals surface area contributed by atoms with E-state index in [1.54, 1.807) is 6.92 Å². The Labute approximate surface area is 110 Å². The van der Waals surface area contributed by atoms with Crippen molar-refractivity contribution in [2.24, 2.45) is 0 Å². The van der Waals surface area contributed by atoms with Gasteiger partial charge in [0.25, 0.3) is 0 Å². The van der Waals surface area contributed by atoms with Gasteiger partial charge < -0.3 is 0 Å². The molecule has 1 rings (SSSR count). The van der Waals surface area contributed by atoms with Crippen molar-refractivity contribution in [3.63, 3.8) is 0 Å². The molecule has 0 saturated heterocycles. The predicted octanol–water partition coefficient (Wildman–Crippen LogP) is 2.90. The van der Waals surface area contributed by atoms with Gasteiger partial charge in [0.15, 0.2) is 0 Å².